The molecule has 94 valence electrons. The highest BCUT2D eigenvalue weighted by Crippen LogP contribution is 2.21. The van der Waals surface area contributed by atoms with Crippen LogP contribution in [0.15, 0.2) is 35.7 Å². The largest absolute Gasteiger partial charge is 0.480 e. The Morgan fingerprint density at radius 2 is 2.17 bits per heavy atom. The monoisotopic (exact) mass is 262 g/mol. The fourth-order valence-corrected chi connectivity index (χ4v) is 2.22. The minimum absolute atomic E-state index is 0.477. The van der Waals surface area contributed by atoms with Crippen molar-refractivity contribution in [2.24, 2.45) is 0 Å². The second-order valence-electron chi connectivity index (χ2n) is 3.93. The predicted molar refractivity (Wildman–Crippen MR) is 71.5 cm³/mol. The van der Waals surface area contributed by atoms with Crippen LogP contribution in [0.1, 0.15) is 11.9 Å². The van der Waals surface area contributed by atoms with Crippen molar-refractivity contribution in [3.63, 3.8) is 0 Å². The number of carbonyl (C=O) groups is 1. The van der Waals surface area contributed by atoms with Gasteiger partial charge in [-0.3, -0.25) is 10.1 Å². The van der Waals surface area contributed by atoms with Gasteiger partial charge in [0.15, 0.2) is 0 Å². The van der Waals surface area contributed by atoms with Gasteiger partial charge >= 0.3 is 5.97 Å². The van der Waals surface area contributed by atoms with Crippen LogP contribution >= 0.6 is 11.3 Å². The van der Waals surface area contributed by atoms with E-state index in [4.69, 9.17) is 5.11 Å². The Hall–Kier alpha value is -1.72. The third-order valence-electron chi connectivity index (χ3n) is 2.55. The molecular formula is C13H14N2O2S. The Labute approximate surface area is 109 Å². The quantitative estimate of drug-likeness (QED) is 0.868. The van der Waals surface area contributed by atoms with Crippen LogP contribution in [0, 0.1) is 0 Å². The highest BCUT2D eigenvalue weighted by atomic mass is 32.1. The van der Waals surface area contributed by atoms with Crippen molar-refractivity contribution < 1.29 is 9.90 Å². The molecule has 1 aromatic heterocycles. The summed E-state index contributed by atoms with van der Waals surface area (Å²) in [5.74, 6) is -0.852. The molecule has 0 amide bonds. The first kappa shape index (κ1) is 12.7. The number of carboxylic acids is 1. The maximum Gasteiger partial charge on any atom is 0.320 e. The summed E-state index contributed by atoms with van der Waals surface area (Å²) >= 11 is 1.53. The lowest BCUT2D eigenvalue weighted by atomic mass is 10.2. The number of nitrogens with zero attached hydrogens (tertiary/aromatic N) is 1. The van der Waals surface area contributed by atoms with Crippen LogP contribution in [-0.4, -0.2) is 22.1 Å². The van der Waals surface area contributed by atoms with Crippen molar-refractivity contribution in [2.75, 3.05) is 0 Å². The summed E-state index contributed by atoms with van der Waals surface area (Å²) in [6.07, 6.45) is 0. The van der Waals surface area contributed by atoms with Crippen molar-refractivity contribution in [1.29, 1.82) is 0 Å². The molecule has 1 atom stereocenters. The van der Waals surface area contributed by atoms with Gasteiger partial charge in [0.2, 0.25) is 0 Å². The highest BCUT2D eigenvalue weighted by Gasteiger charge is 2.11. The topological polar surface area (TPSA) is 62.2 Å². The molecule has 2 rings (SSSR count). The summed E-state index contributed by atoms with van der Waals surface area (Å²) < 4.78 is 0. The Bertz CT molecular complexity index is 525. The van der Waals surface area contributed by atoms with Crippen molar-refractivity contribution in [3.05, 3.63) is 40.7 Å². The molecule has 1 heterocycles. The average Bonchev–Trinajstić information content (AvgIpc) is 2.85. The number of carboxylic acid groups (broad SMARTS) is 1. The zero-order valence-electron chi connectivity index (χ0n) is 9.96. The van der Waals surface area contributed by atoms with Crippen molar-refractivity contribution >= 4 is 17.3 Å². The first-order chi connectivity index (χ1) is 8.66. The Morgan fingerprint density at radius 1 is 1.44 bits per heavy atom. The third-order valence-corrected chi connectivity index (χ3v) is 3.40. The summed E-state index contributed by atoms with van der Waals surface area (Å²) in [5.41, 5.74) is 2.01. The zero-order valence-corrected chi connectivity index (χ0v) is 10.8. The second kappa shape index (κ2) is 5.75. The molecule has 0 aliphatic rings. The zero-order chi connectivity index (χ0) is 13.0. The predicted octanol–water partition coefficient (Wildman–Crippen LogP) is 2.37. The number of hydrogen-bond donors (Lipinski definition) is 2. The molecule has 4 nitrogen and oxygen atoms in total. The van der Waals surface area contributed by atoms with Gasteiger partial charge in [0, 0.05) is 17.5 Å². The number of aliphatic carboxylic acids is 1. The number of nitrogens with one attached hydrogen (secondary N) is 1. The standard InChI is InChI=1S/C13H14N2O2S/c1-9(13(16)17)14-7-12-15-11(8-18-12)10-5-3-2-4-6-10/h2-6,8-9,14H,7H2,1H3,(H,16,17). The van der Waals surface area contributed by atoms with Gasteiger partial charge in [0.05, 0.1) is 5.69 Å². The molecule has 5 heteroatoms. The molecule has 0 fully saturated rings. The fraction of sp³-hybridized carbons (Fsp3) is 0.231. The van der Waals surface area contributed by atoms with Crippen molar-refractivity contribution in [2.45, 2.75) is 19.5 Å². The lowest BCUT2D eigenvalue weighted by Crippen LogP contribution is -2.33. The number of benzene rings is 1. The summed E-state index contributed by atoms with van der Waals surface area (Å²) in [7, 11) is 0. The van der Waals surface area contributed by atoms with Gasteiger partial charge in [0.25, 0.3) is 0 Å². The third kappa shape index (κ3) is 3.15. The molecule has 0 saturated carbocycles. The van der Waals surface area contributed by atoms with E-state index in [2.05, 4.69) is 10.3 Å². The van der Waals surface area contributed by atoms with E-state index in [1.807, 2.05) is 35.7 Å². The molecule has 1 aromatic carbocycles. The highest BCUT2D eigenvalue weighted by molar-refractivity contribution is 7.09. The van der Waals surface area contributed by atoms with E-state index in [0.29, 0.717) is 6.54 Å². The first-order valence-electron chi connectivity index (χ1n) is 5.63. The summed E-state index contributed by atoms with van der Waals surface area (Å²) in [6.45, 7) is 2.10. The smallest absolute Gasteiger partial charge is 0.320 e. The number of aromatic nitrogens is 1. The van der Waals surface area contributed by atoms with Crippen LogP contribution < -0.4 is 5.32 Å². The van der Waals surface area contributed by atoms with E-state index in [-0.39, 0.29) is 0 Å². The van der Waals surface area contributed by atoms with Gasteiger partial charge in [-0.1, -0.05) is 30.3 Å². The minimum atomic E-state index is -0.852. The normalized spacial score (nSPS) is 12.3. The van der Waals surface area contributed by atoms with E-state index in [0.717, 1.165) is 16.3 Å². The van der Waals surface area contributed by atoms with Gasteiger partial charge < -0.3 is 5.11 Å². The summed E-state index contributed by atoms with van der Waals surface area (Å²) in [4.78, 5) is 15.1. The van der Waals surface area contributed by atoms with Crippen LogP contribution in [0.4, 0.5) is 0 Å². The molecule has 0 aliphatic heterocycles. The molecular weight excluding hydrogens is 248 g/mol. The molecule has 0 radical (unpaired) electrons. The summed E-state index contributed by atoms with van der Waals surface area (Å²) in [5, 5.41) is 14.5. The molecule has 0 aliphatic carbocycles. The lowest BCUT2D eigenvalue weighted by Gasteiger charge is -2.06. The van der Waals surface area contributed by atoms with Crippen LogP contribution in [0.25, 0.3) is 11.3 Å². The maximum absolute atomic E-state index is 10.7. The van der Waals surface area contributed by atoms with Gasteiger partial charge in [-0.25, -0.2) is 4.98 Å². The Balaban J connectivity index is 2.01. The average molecular weight is 262 g/mol. The van der Waals surface area contributed by atoms with E-state index >= 15 is 0 Å². The Morgan fingerprint density at radius 3 is 2.83 bits per heavy atom. The lowest BCUT2D eigenvalue weighted by molar-refractivity contribution is -0.139. The van der Waals surface area contributed by atoms with E-state index in [9.17, 15) is 4.79 Å². The van der Waals surface area contributed by atoms with Crippen LogP contribution in [0.3, 0.4) is 0 Å². The van der Waals surface area contributed by atoms with E-state index < -0.39 is 12.0 Å². The van der Waals surface area contributed by atoms with E-state index in [1.54, 1.807) is 6.92 Å². The molecule has 1 unspecified atom stereocenters. The van der Waals surface area contributed by atoms with Crippen LogP contribution in [0.5, 0.6) is 0 Å². The Kier molecular flexibility index (Phi) is 4.07. The number of thiazole rings is 1. The van der Waals surface area contributed by atoms with Crippen molar-refractivity contribution in [3.8, 4) is 11.3 Å². The molecule has 18 heavy (non-hydrogen) atoms. The van der Waals surface area contributed by atoms with Gasteiger partial charge in [-0.2, -0.15) is 0 Å². The molecule has 0 spiro atoms. The molecule has 2 N–H and O–H groups in total. The molecule has 2 aromatic rings. The van der Waals surface area contributed by atoms with Crippen LogP contribution in [0.2, 0.25) is 0 Å². The van der Waals surface area contributed by atoms with Crippen molar-refractivity contribution in [1.82, 2.24) is 10.3 Å². The van der Waals surface area contributed by atoms with Gasteiger partial charge in [-0.05, 0) is 6.92 Å². The summed E-state index contributed by atoms with van der Waals surface area (Å²) in [6, 6.07) is 9.36. The number of hydrogen-bond acceptors (Lipinski definition) is 4. The van der Waals surface area contributed by atoms with Crippen LogP contribution in [-0.2, 0) is 11.3 Å². The van der Waals surface area contributed by atoms with Gasteiger partial charge in [0.1, 0.15) is 11.0 Å². The molecule has 0 saturated heterocycles. The number of rotatable bonds is 5. The fourth-order valence-electron chi connectivity index (χ4n) is 1.46. The minimum Gasteiger partial charge on any atom is -0.480 e. The SMILES string of the molecule is CC(NCc1nc(-c2ccccc2)cs1)C(=O)O. The second-order valence-corrected chi connectivity index (χ2v) is 4.88. The molecule has 0 bridgehead atoms. The maximum atomic E-state index is 10.7. The van der Waals surface area contributed by atoms with Gasteiger partial charge in [-0.15, -0.1) is 11.3 Å². The first-order valence-corrected chi connectivity index (χ1v) is 6.51. The van der Waals surface area contributed by atoms with E-state index in [1.165, 1.54) is 11.3 Å².